The lowest BCUT2D eigenvalue weighted by Gasteiger charge is -2.10. The number of thiocarbonyl (C=S) groups is 1. The molecular weight excluding hydrogens is 398 g/mol. The van der Waals surface area contributed by atoms with E-state index in [-0.39, 0.29) is 18.0 Å². The zero-order chi connectivity index (χ0) is 17.9. The van der Waals surface area contributed by atoms with Crippen molar-refractivity contribution in [3.8, 4) is 28.7 Å². The van der Waals surface area contributed by atoms with Gasteiger partial charge in [0.25, 0.3) is 0 Å². The summed E-state index contributed by atoms with van der Waals surface area (Å²) in [6.07, 6.45) is 1.08. The first-order chi connectivity index (χ1) is 11.3. The molecule has 6 N–H and O–H groups in total. The minimum Gasteiger partial charge on any atom is -0.504 e. The van der Waals surface area contributed by atoms with Gasteiger partial charge in [0, 0.05) is 13.0 Å². The van der Waals surface area contributed by atoms with Gasteiger partial charge < -0.3 is 30.8 Å². The van der Waals surface area contributed by atoms with Crippen molar-refractivity contribution in [2.75, 3.05) is 0 Å². The third-order valence-electron chi connectivity index (χ3n) is 3.36. The molecule has 8 heteroatoms. The number of aryl methyl sites for hydroxylation is 1. The Bertz CT molecular complexity index is 672. The first-order valence-corrected chi connectivity index (χ1v) is 8.19. The molecule has 0 aromatic heterocycles. The summed E-state index contributed by atoms with van der Waals surface area (Å²) in [7, 11) is 0. The second-order valence-electron chi connectivity index (χ2n) is 5.20. The van der Waals surface area contributed by atoms with E-state index in [1.165, 1.54) is 18.2 Å². The fourth-order valence-corrected chi connectivity index (χ4v) is 2.76. The van der Waals surface area contributed by atoms with Crippen molar-refractivity contribution in [2.24, 2.45) is 0 Å². The number of phenolic OH excluding ortho intramolecular Hbond substituents is 5. The number of phenols is 5. The molecule has 0 fully saturated rings. The standard InChI is InChI=1S/C16H16BrNO5S/c17-10-3-8(4-11(19)15(10)22)1-2-14(24)18-7-9-5-12(20)16(23)13(21)6-9/h3-6,19-23H,1-2,7H2,(H,18,24). The highest BCUT2D eigenvalue weighted by molar-refractivity contribution is 9.10. The Morgan fingerprint density at radius 1 is 0.875 bits per heavy atom. The van der Waals surface area contributed by atoms with E-state index in [9.17, 15) is 25.5 Å². The van der Waals surface area contributed by atoms with Crippen LogP contribution in [0.1, 0.15) is 17.5 Å². The van der Waals surface area contributed by atoms with Gasteiger partial charge >= 0.3 is 0 Å². The van der Waals surface area contributed by atoms with Crippen LogP contribution in [0, 0.1) is 0 Å². The number of benzene rings is 2. The Morgan fingerprint density at radius 2 is 1.42 bits per heavy atom. The molecule has 24 heavy (non-hydrogen) atoms. The first-order valence-electron chi connectivity index (χ1n) is 6.98. The van der Waals surface area contributed by atoms with E-state index in [1.807, 2.05) is 0 Å². The summed E-state index contributed by atoms with van der Waals surface area (Å²) >= 11 is 8.38. The van der Waals surface area contributed by atoms with Crippen molar-refractivity contribution in [3.63, 3.8) is 0 Å². The zero-order valence-electron chi connectivity index (χ0n) is 12.5. The van der Waals surface area contributed by atoms with Crippen molar-refractivity contribution in [1.82, 2.24) is 5.32 Å². The summed E-state index contributed by atoms with van der Waals surface area (Å²) in [6.45, 7) is 0.282. The molecule has 0 heterocycles. The summed E-state index contributed by atoms with van der Waals surface area (Å²) in [5, 5.41) is 50.3. The Balaban J connectivity index is 1.90. The largest absolute Gasteiger partial charge is 0.504 e. The van der Waals surface area contributed by atoms with Crippen molar-refractivity contribution in [1.29, 1.82) is 0 Å². The van der Waals surface area contributed by atoms with E-state index < -0.39 is 17.2 Å². The van der Waals surface area contributed by atoms with Crippen LogP contribution < -0.4 is 5.32 Å². The lowest BCUT2D eigenvalue weighted by atomic mass is 10.1. The van der Waals surface area contributed by atoms with Crippen molar-refractivity contribution in [3.05, 3.63) is 39.9 Å². The molecule has 2 aromatic rings. The normalized spacial score (nSPS) is 10.5. The van der Waals surface area contributed by atoms with E-state index in [2.05, 4.69) is 21.2 Å². The average Bonchev–Trinajstić information content (AvgIpc) is 2.53. The smallest absolute Gasteiger partial charge is 0.200 e. The zero-order valence-corrected chi connectivity index (χ0v) is 14.9. The molecular formula is C16H16BrNO5S. The molecule has 0 amide bonds. The molecule has 0 bridgehead atoms. The van der Waals surface area contributed by atoms with Crippen molar-refractivity contribution >= 4 is 33.1 Å². The van der Waals surface area contributed by atoms with E-state index >= 15 is 0 Å². The summed E-state index contributed by atoms with van der Waals surface area (Å²) in [4.78, 5) is 0.561. The van der Waals surface area contributed by atoms with Gasteiger partial charge in [-0.2, -0.15) is 0 Å². The fraction of sp³-hybridized carbons (Fsp3) is 0.188. The molecule has 2 rings (SSSR count). The Kier molecular flexibility index (Phi) is 5.74. The van der Waals surface area contributed by atoms with Gasteiger partial charge in [-0.25, -0.2) is 0 Å². The molecule has 6 nitrogen and oxygen atoms in total. The van der Waals surface area contributed by atoms with Crippen LogP contribution >= 0.6 is 28.1 Å². The maximum atomic E-state index is 9.58. The average molecular weight is 414 g/mol. The van der Waals surface area contributed by atoms with E-state index in [4.69, 9.17) is 12.2 Å². The van der Waals surface area contributed by atoms with Crippen molar-refractivity contribution < 1.29 is 25.5 Å². The molecule has 0 radical (unpaired) electrons. The lowest BCUT2D eigenvalue weighted by Crippen LogP contribution is -2.21. The van der Waals surface area contributed by atoms with Gasteiger partial charge in [0.15, 0.2) is 28.7 Å². The predicted octanol–water partition coefficient (Wildman–Crippen LogP) is 3.03. The van der Waals surface area contributed by atoms with Crippen LogP contribution in [-0.2, 0) is 13.0 Å². The van der Waals surface area contributed by atoms with Gasteiger partial charge in [-0.05, 0) is 57.7 Å². The molecule has 0 saturated carbocycles. The predicted molar refractivity (Wildman–Crippen MR) is 96.7 cm³/mol. The van der Waals surface area contributed by atoms with Crippen molar-refractivity contribution in [2.45, 2.75) is 19.4 Å². The number of aromatic hydroxyl groups is 5. The molecule has 0 saturated heterocycles. The van der Waals surface area contributed by atoms with Crippen LogP contribution in [0.2, 0.25) is 0 Å². The van der Waals surface area contributed by atoms with Gasteiger partial charge in [-0.1, -0.05) is 12.2 Å². The van der Waals surface area contributed by atoms with Crippen LogP contribution in [0.3, 0.4) is 0 Å². The second kappa shape index (κ2) is 7.59. The number of rotatable bonds is 5. The van der Waals surface area contributed by atoms with Crippen LogP contribution in [0.25, 0.3) is 0 Å². The third-order valence-corrected chi connectivity index (χ3v) is 4.32. The quantitative estimate of drug-likeness (QED) is 0.329. The monoisotopic (exact) mass is 413 g/mol. The van der Waals surface area contributed by atoms with Gasteiger partial charge in [-0.3, -0.25) is 0 Å². The van der Waals surface area contributed by atoms with Crippen LogP contribution in [-0.4, -0.2) is 30.5 Å². The van der Waals surface area contributed by atoms with Crippen LogP contribution in [0.5, 0.6) is 28.7 Å². The van der Waals surface area contributed by atoms with E-state index in [0.717, 1.165) is 5.56 Å². The summed E-state index contributed by atoms with van der Waals surface area (Å²) < 4.78 is 0.409. The third kappa shape index (κ3) is 4.42. The summed E-state index contributed by atoms with van der Waals surface area (Å²) in [5.41, 5.74) is 1.37. The van der Waals surface area contributed by atoms with E-state index in [1.54, 1.807) is 6.07 Å². The second-order valence-corrected chi connectivity index (χ2v) is 6.55. The molecule has 0 unspecified atom stereocenters. The molecule has 0 aliphatic carbocycles. The van der Waals surface area contributed by atoms with Crippen LogP contribution in [0.15, 0.2) is 28.7 Å². The molecule has 0 atom stereocenters. The Morgan fingerprint density at radius 3 is 2.00 bits per heavy atom. The molecule has 0 aliphatic rings. The minimum atomic E-state index is -0.556. The minimum absolute atomic E-state index is 0.201. The highest BCUT2D eigenvalue weighted by Gasteiger charge is 2.10. The van der Waals surface area contributed by atoms with Gasteiger partial charge in [0.05, 0.1) is 9.46 Å². The number of halogens is 1. The summed E-state index contributed by atoms with van der Waals surface area (Å²) in [5.74, 6) is -1.76. The number of nitrogens with one attached hydrogen (secondary N) is 1. The summed E-state index contributed by atoms with van der Waals surface area (Å²) in [6, 6.07) is 5.84. The van der Waals surface area contributed by atoms with Gasteiger partial charge in [-0.15, -0.1) is 0 Å². The number of hydrogen-bond donors (Lipinski definition) is 6. The lowest BCUT2D eigenvalue weighted by molar-refractivity contribution is 0.367. The molecule has 0 spiro atoms. The molecule has 128 valence electrons. The highest BCUT2D eigenvalue weighted by Crippen LogP contribution is 2.36. The molecule has 0 aliphatic heterocycles. The highest BCUT2D eigenvalue weighted by atomic mass is 79.9. The number of hydrogen-bond acceptors (Lipinski definition) is 6. The van der Waals surface area contributed by atoms with E-state index in [0.29, 0.717) is 27.9 Å². The first kappa shape index (κ1) is 18.2. The Hall–Kier alpha value is -2.19. The fourth-order valence-electron chi connectivity index (χ4n) is 2.09. The SMILES string of the molecule is Oc1cc(CNC(=S)CCc2cc(O)c(O)c(Br)c2)cc(O)c1O. The topological polar surface area (TPSA) is 113 Å². The maximum Gasteiger partial charge on any atom is 0.200 e. The Labute approximate surface area is 152 Å². The molecule has 2 aromatic carbocycles. The van der Waals surface area contributed by atoms with Gasteiger partial charge in [0.2, 0.25) is 0 Å². The van der Waals surface area contributed by atoms with Gasteiger partial charge in [0.1, 0.15) is 0 Å². The maximum absolute atomic E-state index is 9.58. The van der Waals surface area contributed by atoms with Crippen LogP contribution in [0.4, 0.5) is 0 Å².